The molecule has 0 fully saturated rings. The summed E-state index contributed by atoms with van der Waals surface area (Å²) in [5.41, 5.74) is 3.40. The van der Waals surface area contributed by atoms with Gasteiger partial charge in [-0.3, -0.25) is 14.5 Å². The van der Waals surface area contributed by atoms with Gasteiger partial charge < -0.3 is 4.52 Å². The number of rotatable bonds is 4. The van der Waals surface area contributed by atoms with Crippen molar-refractivity contribution < 1.29 is 9.32 Å². The first kappa shape index (κ1) is 15.9. The van der Waals surface area contributed by atoms with Crippen LogP contribution in [0.4, 0.5) is 5.88 Å². The molecule has 0 saturated carbocycles. The van der Waals surface area contributed by atoms with Crippen molar-refractivity contribution in [3.63, 3.8) is 0 Å². The van der Waals surface area contributed by atoms with E-state index in [0.717, 1.165) is 27.6 Å². The summed E-state index contributed by atoms with van der Waals surface area (Å²) in [6.07, 6.45) is 2.15. The lowest BCUT2D eigenvalue weighted by Crippen LogP contribution is -2.14. The molecule has 1 aromatic carbocycles. The van der Waals surface area contributed by atoms with Crippen LogP contribution in [0.3, 0.4) is 0 Å². The number of hydrogen-bond acceptors (Lipinski definition) is 5. The van der Waals surface area contributed by atoms with Gasteiger partial charge in [0.1, 0.15) is 0 Å². The van der Waals surface area contributed by atoms with E-state index in [1.165, 1.54) is 11.3 Å². The van der Waals surface area contributed by atoms with Crippen LogP contribution in [0.25, 0.3) is 16.2 Å². The zero-order valence-electron chi connectivity index (χ0n) is 13.2. The number of hydrogen-bond donors (Lipinski definition) is 1. The Bertz CT molecular complexity index is 1050. The van der Waals surface area contributed by atoms with Gasteiger partial charge in [0, 0.05) is 33.9 Å². The summed E-state index contributed by atoms with van der Waals surface area (Å²) in [5, 5.41) is 9.06. The number of aryl methyl sites for hydroxylation is 1. The third-order valence-electron chi connectivity index (χ3n) is 3.66. The second-order valence-electron chi connectivity index (χ2n) is 5.57. The quantitative estimate of drug-likeness (QED) is 0.583. The summed E-state index contributed by atoms with van der Waals surface area (Å²) < 4.78 is 6.93. The van der Waals surface area contributed by atoms with E-state index < -0.39 is 0 Å². The van der Waals surface area contributed by atoms with E-state index in [1.54, 1.807) is 13.0 Å². The minimum Gasteiger partial charge on any atom is -0.338 e. The molecule has 25 heavy (non-hydrogen) atoms. The average Bonchev–Trinajstić information content (AvgIpc) is 3.26. The molecular formula is C17H13ClN4O2S. The van der Waals surface area contributed by atoms with Crippen molar-refractivity contribution in [1.29, 1.82) is 0 Å². The number of nitrogens with one attached hydrogen (secondary N) is 1. The third-order valence-corrected chi connectivity index (χ3v) is 4.80. The van der Waals surface area contributed by atoms with Gasteiger partial charge in [0.2, 0.25) is 11.8 Å². The SMILES string of the molecule is Cc1cc(NC(=O)Cc2csc3nc(-c4ccc(Cl)cc4)cn23)on1. The van der Waals surface area contributed by atoms with Crippen LogP contribution in [0, 0.1) is 6.92 Å². The Balaban J connectivity index is 1.56. The minimum absolute atomic E-state index is 0.169. The van der Waals surface area contributed by atoms with Gasteiger partial charge in [0.15, 0.2) is 4.96 Å². The molecule has 1 amide bonds. The Morgan fingerprint density at radius 1 is 1.36 bits per heavy atom. The summed E-state index contributed by atoms with van der Waals surface area (Å²) >= 11 is 7.42. The fourth-order valence-electron chi connectivity index (χ4n) is 2.48. The first-order chi connectivity index (χ1) is 12.1. The first-order valence-electron chi connectivity index (χ1n) is 7.53. The van der Waals surface area contributed by atoms with Crippen LogP contribution >= 0.6 is 22.9 Å². The van der Waals surface area contributed by atoms with Gasteiger partial charge in [-0.25, -0.2) is 4.98 Å². The van der Waals surface area contributed by atoms with Crippen LogP contribution in [0.5, 0.6) is 0 Å². The molecule has 1 N–H and O–H groups in total. The van der Waals surface area contributed by atoms with Gasteiger partial charge in [0.05, 0.1) is 17.8 Å². The average molecular weight is 373 g/mol. The molecule has 126 valence electrons. The van der Waals surface area contributed by atoms with Gasteiger partial charge >= 0.3 is 0 Å². The van der Waals surface area contributed by atoms with Crippen molar-refractivity contribution in [2.45, 2.75) is 13.3 Å². The topological polar surface area (TPSA) is 72.4 Å². The summed E-state index contributed by atoms with van der Waals surface area (Å²) in [4.78, 5) is 17.6. The lowest BCUT2D eigenvalue weighted by Gasteiger charge is -2.00. The number of carbonyl (C=O) groups excluding carboxylic acids is 1. The zero-order valence-corrected chi connectivity index (χ0v) is 14.8. The maximum absolute atomic E-state index is 12.2. The summed E-state index contributed by atoms with van der Waals surface area (Å²) in [6.45, 7) is 1.80. The van der Waals surface area contributed by atoms with E-state index in [1.807, 2.05) is 40.2 Å². The van der Waals surface area contributed by atoms with E-state index in [-0.39, 0.29) is 12.3 Å². The molecule has 0 aliphatic carbocycles. The number of amides is 1. The number of anilines is 1. The predicted octanol–water partition coefficient (Wildman–Crippen LogP) is 4.19. The molecule has 0 aliphatic rings. The highest BCUT2D eigenvalue weighted by molar-refractivity contribution is 7.15. The van der Waals surface area contributed by atoms with Crippen molar-refractivity contribution in [2.24, 2.45) is 0 Å². The molecular weight excluding hydrogens is 360 g/mol. The van der Waals surface area contributed by atoms with Crippen LogP contribution in [0.1, 0.15) is 11.4 Å². The largest absolute Gasteiger partial charge is 0.338 e. The number of nitrogens with zero attached hydrogens (tertiary/aromatic N) is 3. The highest BCUT2D eigenvalue weighted by Gasteiger charge is 2.14. The fourth-order valence-corrected chi connectivity index (χ4v) is 3.48. The molecule has 3 aromatic heterocycles. The lowest BCUT2D eigenvalue weighted by atomic mass is 10.2. The van der Waals surface area contributed by atoms with Crippen LogP contribution < -0.4 is 5.32 Å². The monoisotopic (exact) mass is 372 g/mol. The van der Waals surface area contributed by atoms with Crippen LogP contribution in [-0.4, -0.2) is 20.4 Å². The number of thiazole rings is 1. The molecule has 0 atom stereocenters. The standard InChI is InChI=1S/C17H13ClN4O2S/c1-10-6-16(24-21-10)20-15(23)7-13-9-25-17-19-14(8-22(13)17)11-2-4-12(18)5-3-11/h2-6,8-9H,7H2,1H3,(H,20,23). The van der Waals surface area contributed by atoms with Gasteiger partial charge in [-0.05, 0) is 19.1 Å². The molecule has 4 aromatic rings. The molecule has 0 radical (unpaired) electrons. The van der Waals surface area contributed by atoms with E-state index in [9.17, 15) is 4.79 Å². The molecule has 0 bridgehead atoms. The fraction of sp³-hybridized carbons (Fsp3) is 0.118. The Morgan fingerprint density at radius 3 is 2.88 bits per heavy atom. The van der Waals surface area contributed by atoms with Crippen molar-refractivity contribution in [2.75, 3.05) is 5.32 Å². The Hall–Kier alpha value is -2.64. The van der Waals surface area contributed by atoms with Crippen molar-refractivity contribution >= 4 is 39.7 Å². The van der Waals surface area contributed by atoms with Crippen LogP contribution in [0.2, 0.25) is 5.02 Å². The molecule has 0 spiro atoms. The zero-order chi connectivity index (χ0) is 17.4. The van der Waals surface area contributed by atoms with Crippen molar-refractivity contribution in [3.8, 4) is 11.3 Å². The maximum atomic E-state index is 12.2. The van der Waals surface area contributed by atoms with Crippen LogP contribution in [-0.2, 0) is 11.2 Å². The number of carbonyl (C=O) groups is 1. The summed E-state index contributed by atoms with van der Waals surface area (Å²) in [7, 11) is 0. The first-order valence-corrected chi connectivity index (χ1v) is 8.79. The van der Waals surface area contributed by atoms with Gasteiger partial charge in [-0.15, -0.1) is 11.3 Å². The lowest BCUT2D eigenvalue weighted by molar-refractivity contribution is -0.115. The smallest absolute Gasteiger partial charge is 0.232 e. The Kier molecular flexibility index (Phi) is 4.03. The molecule has 0 aliphatic heterocycles. The molecule has 3 heterocycles. The van der Waals surface area contributed by atoms with Gasteiger partial charge in [-0.2, -0.15) is 0 Å². The van der Waals surface area contributed by atoms with E-state index in [2.05, 4.69) is 15.5 Å². The number of halogens is 1. The number of benzene rings is 1. The normalized spacial score (nSPS) is 11.1. The number of fused-ring (bicyclic) bond motifs is 1. The molecule has 6 nitrogen and oxygen atoms in total. The van der Waals surface area contributed by atoms with Gasteiger partial charge in [-0.1, -0.05) is 28.9 Å². The summed E-state index contributed by atoms with van der Waals surface area (Å²) in [5.74, 6) is 0.180. The second-order valence-corrected chi connectivity index (χ2v) is 6.84. The number of imidazole rings is 1. The molecule has 0 saturated heterocycles. The van der Waals surface area contributed by atoms with E-state index in [4.69, 9.17) is 16.1 Å². The van der Waals surface area contributed by atoms with E-state index in [0.29, 0.717) is 10.9 Å². The second kappa shape index (κ2) is 6.34. The van der Waals surface area contributed by atoms with Crippen molar-refractivity contribution in [3.05, 3.63) is 58.3 Å². The minimum atomic E-state index is -0.169. The molecule has 8 heteroatoms. The highest BCUT2D eigenvalue weighted by Crippen LogP contribution is 2.25. The van der Waals surface area contributed by atoms with Gasteiger partial charge in [0.25, 0.3) is 0 Å². The number of aromatic nitrogens is 3. The summed E-state index contributed by atoms with van der Waals surface area (Å²) in [6, 6.07) is 9.19. The maximum Gasteiger partial charge on any atom is 0.232 e. The molecule has 4 rings (SSSR count). The predicted molar refractivity (Wildman–Crippen MR) is 97.1 cm³/mol. The third kappa shape index (κ3) is 3.29. The Labute approximate surface area is 152 Å². The Morgan fingerprint density at radius 2 is 2.16 bits per heavy atom. The highest BCUT2D eigenvalue weighted by atomic mass is 35.5. The van der Waals surface area contributed by atoms with Crippen LogP contribution in [0.15, 0.2) is 46.4 Å². The van der Waals surface area contributed by atoms with Crippen molar-refractivity contribution in [1.82, 2.24) is 14.5 Å². The molecule has 0 unspecified atom stereocenters. The van der Waals surface area contributed by atoms with E-state index >= 15 is 0 Å².